The Labute approximate surface area is 150 Å². The summed E-state index contributed by atoms with van der Waals surface area (Å²) in [6.45, 7) is 6.72. The summed E-state index contributed by atoms with van der Waals surface area (Å²) < 4.78 is 0. The third kappa shape index (κ3) is 4.10. The molecule has 0 bridgehead atoms. The van der Waals surface area contributed by atoms with Crippen molar-refractivity contribution >= 4 is 28.6 Å². The van der Waals surface area contributed by atoms with Crippen LogP contribution in [0.2, 0.25) is 0 Å². The molecular formula is C20H28N4O. The number of carbonyl (C=O) groups is 1. The van der Waals surface area contributed by atoms with E-state index in [2.05, 4.69) is 5.32 Å². The van der Waals surface area contributed by atoms with Crippen molar-refractivity contribution in [2.75, 3.05) is 24.6 Å². The Bertz CT molecular complexity index is 729. The van der Waals surface area contributed by atoms with Crippen LogP contribution in [0.5, 0.6) is 0 Å². The maximum absolute atomic E-state index is 12.2. The van der Waals surface area contributed by atoms with Crippen LogP contribution in [0.25, 0.3) is 5.57 Å². The summed E-state index contributed by atoms with van der Waals surface area (Å²) in [6, 6.07) is 5.68. The maximum atomic E-state index is 12.2. The van der Waals surface area contributed by atoms with Gasteiger partial charge in [-0.15, -0.1) is 0 Å². The van der Waals surface area contributed by atoms with Gasteiger partial charge < -0.3 is 16.0 Å². The van der Waals surface area contributed by atoms with Crippen molar-refractivity contribution in [1.29, 1.82) is 5.41 Å². The average Bonchev–Trinajstić information content (AvgIpc) is 3.44. The first kappa shape index (κ1) is 18.8. The summed E-state index contributed by atoms with van der Waals surface area (Å²) in [5.41, 5.74) is 9.81. The van der Waals surface area contributed by atoms with Crippen LogP contribution < -0.4 is 11.1 Å². The number of benzene rings is 1. The van der Waals surface area contributed by atoms with Crippen molar-refractivity contribution in [3.05, 3.63) is 41.6 Å². The average molecular weight is 340 g/mol. The number of nitrogen functional groups attached to an aromatic ring is 1. The fourth-order valence-electron chi connectivity index (χ4n) is 2.75. The molecule has 4 N–H and O–H groups in total. The van der Waals surface area contributed by atoms with Crippen LogP contribution in [-0.2, 0) is 4.79 Å². The quantitative estimate of drug-likeness (QED) is 0.574. The lowest BCUT2D eigenvalue weighted by molar-refractivity contribution is -0.123. The number of allylic oxidation sites excluding steroid dienone is 2. The molecule has 1 aromatic carbocycles. The van der Waals surface area contributed by atoms with Crippen LogP contribution in [0.1, 0.15) is 39.2 Å². The molecule has 0 saturated heterocycles. The highest BCUT2D eigenvalue weighted by molar-refractivity contribution is 6.41. The number of carbonyl (C=O) groups excluding carboxylic acids is 1. The number of rotatable bonds is 4. The van der Waals surface area contributed by atoms with Crippen molar-refractivity contribution in [2.45, 2.75) is 33.6 Å². The van der Waals surface area contributed by atoms with E-state index in [1.807, 2.05) is 32.0 Å². The Hall–Kier alpha value is -2.56. The molecule has 0 unspecified atom stereocenters. The third-order valence-electron chi connectivity index (χ3n) is 4.31. The molecular weight excluding hydrogens is 312 g/mol. The Balaban J connectivity index is 0.00000109. The van der Waals surface area contributed by atoms with Crippen molar-refractivity contribution in [1.82, 2.24) is 4.90 Å². The SMILES string of the molecule is C/C=C1\C(=N)C(c2cc(N)ccc2NCC2CC2)=CN(C)C1=O.CC. The van der Waals surface area contributed by atoms with Crippen molar-refractivity contribution in [3.8, 4) is 0 Å². The number of nitrogens with zero attached hydrogens (tertiary/aromatic N) is 1. The van der Waals surface area contributed by atoms with Crippen LogP contribution in [-0.4, -0.2) is 30.1 Å². The van der Waals surface area contributed by atoms with Crippen molar-refractivity contribution in [2.24, 2.45) is 5.92 Å². The maximum Gasteiger partial charge on any atom is 0.259 e. The molecule has 1 saturated carbocycles. The van der Waals surface area contributed by atoms with Gasteiger partial charge in [-0.05, 0) is 43.9 Å². The summed E-state index contributed by atoms with van der Waals surface area (Å²) in [6.07, 6.45) is 5.96. The highest BCUT2D eigenvalue weighted by Gasteiger charge is 2.28. The van der Waals surface area contributed by atoms with Crippen LogP contribution in [0.3, 0.4) is 0 Å². The Morgan fingerprint density at radius 2 is 2.04 bits per heavy atom. The molecule has 5 nitrogen and oxygen atoms in total. The summed E-state index contributed by atoms with van der Waals surface area (Å²) in [4.78, 5) is 13.7. The molecule has 1 fully saturated rings. The van der Waals surface area contributed by atoms with E-state index in [1.165, 1.54) is 17.7 Å². The molecule has 1 aromatic rings. The highest BCUT2D eigenvalue weighted by Crippen LogP contribution is 2.34. The molecule has 25 heavy (non-hydrogen) atoms. The first-order valence-electron chi connectivity index (χ1n) is 8.89. The number of likely N-dealkylation sites (N-methyl/N-ethyl adjacent to an activating group) is 1. The van der Waals surface area contributed by atoms with E-state index in [0.717, 1.165) is 23.7 Å². The first-order chi connectivity index (χ1) is 12.0. The van der Waals surface area contributed by atoms with Crippen LogP contribution in [0.15, 0.2) is 36.0 Å². The largest absolute Gasteiger partial charge is 0.399 e. The number of amides is 1. The van der Waals surface area contributed by atoms with E-state index in [4.69, 9.17) is 11.1 Å². The van der Waals surface area contributed by atoms with E-state index in [0.29, 0.717) is 16.8 Å². The van der Waals surface area contributed by atoms with Gasteiger partial charge in [0, 0.05) is 42.3 Å². The van der Waals surface area contributed by atoms with Gasteiger partial charge in [0.05, 0.1) is 11.3 Å². The van der Waals surface area contributed by atoms with E-state index in [-0.39, 0.29) is 11.6 Å². The minimum atomic E-state index is -0.155. The second kappa shape index (κ2) is 8.01. The molecule has 1 aliphatic carbocycles. The van der Waals surface area contributed by atoms with Gasteiger partial charge in [0.25, 0.3) is 5.91 Å². The van der Waals surface area contributed by atoms with E-state index >= 15 is 0 Å². The van der Waals surface area contributed by atoms with E-state index in [9.17, 15) is 4.79 Å². The molecule has 5 heteroatoms. The van der Waals surface area contributed by atoms with Crippen molar-refractivity contribution in [3.63, 3.8) is 0 Å². The van der Waals surface area contributed by atoms with Crippen LogP contribution >= 0.6 is 0 Å². The second-order valence-electron chi connectivity index (χ2n) is 6.17. The smallest absolute Gasteiger partial charge is 0.259 e. The summed E-state index contributed by atoms with van der Waals surface area (Å²) >= 11 is 0. The van der Waals surface area contributed by atoms with Gasteiger partial charge in [-0.2, -0.15) is 0 Å². The number of nitrogens with one attached hydrogen (secondary N) is 2. The number of nitrogens with two attached hydrogens (primary N) is 1. The number of hydrogen-bond donors (Lipinski definition) is 3. The van der Waals surface area contributed by atoms with Gasteiger partial charge in [-0.1, -0.05) is 19.9 Å². The Kier molecular flexibility index (Phi) is 6.02. The lowest BCUT2D eigenvalue weighted by atomic mass is 9.91. The number of hydrogen-bond acceptors (Lipinski definition) is 4. The summed E-state index contributed by atoms with van der Waals surface area (Å²) in [5, 5.41) is 11.9. The van der Waals surface area contributed by atoms with Crippen LogP contribution in [0, 0.1) is 11.3 Å². The molecule has 0 spiro atoms. The Morgan fingerprint density at radius 1 is 1.36 bits per heavy atom. The Morgan fingerprint density at radius 3 is 2.64 bits per heavy atom. The van der Waals surface area contributed by atoms with Crippen molar-refractivity contribution < 1.29 is 4.79 Å². The van der Waals surface area contributed by atoms with Gasteiger partial charge in [0.15, 0.2) is 0 Å². The third-order valence-corrected chi connectivity index (χ3v) is 4.31. The summed E-state index contributed by atoms with van der Waals surface area (Å²) in [7, 11) is 1.71. The zero-order valence-corrected chi connectivity index (χ0v) is 15.5. The lowest BCUT2D eigenvalue weighted by Crippen LogP contribution is -2.32. The molecule has 0 atom stereocenters. The zero-order valence-electron chi connectivity index (χ0n) is 15.5. The fourth-order valence-corrected chi connectivity index (χ4v) is 2.75. The first-order valence-corrected chi connectivity index (χ1v) is 8.89. The fraction of sp³-hybridized carbons (Fsp3) is 0.400. The molecule has 3 rings (SSSR count). The minimum Gasteiger partial charge on any atom is -0.399 e. The lowest BCUT2D eigenvalue weighted by Gasteiger charge is -2.26. The molecule has 2 aliphatic rings. The molecule has 0 aromatic heterocycles. The molecule has 134 valence electrons. The molecule has 1 amide bonds. The number of anilines is 2. The minimum absolute atomic E-state index is 0.155. The zero-order chi connectivity index (χ0) is 18.6. The monoisotopic (exact) mass is 340 g/mol. The molecule has 0 radical (unpaired) electrons. The highest BCUT2D eigenvalue weighted by atomic mass is 16.2. The topological polar surface area (TPSA) is 82.2 Å². The van der Waals surface area contributed by atoms with E-state index in [1.54, 1.807) is 26.2 Å². The van der Waals surface area contributed by atoms with Gasteiger partial charge in [-0.3, -0.25) is 10.2 Å². The van der Waals surface area contributed by atoms with Gasteiger partial charge in [0.2, 0.25) is 0 Å². The van der Waals surface area contributed by atoms with Crippen LogP contribution in [0.4, 0.5) is 11.4 Å². The molecule has 1 heterocycles. The molecule has 1 aliphatic heterocycles. The standard InChI is InChI=1S/C18H22N4O.C2H6/c1-3-13-17(20)15(10-22(2)18(13)23)14-8-12(19)6-7-16(14)21-9-11-4-5-11;1-2/h3,6-8,10-11,20-21H,4-5,9,19H2,1-2H3;1-2H3/b13-3+,20-17?;. The van der Waals surface area contributed by atoms with Gasteiger partial charge in [0.1, 0.15) is 0 Å². The normalized spacial score (nSPS) is 18.6. The van der Waals surface area contributed by atoms with Gasteiger partial charge in [-0.25, -0.2) is 0 Å². The predicted molar refractivity (Wildman–Crippen MR) is 106 cm³/mol. The van der Waals surface area contributed by atoms with Gasteiger partial charge >= 0.3 is 0 Å². The second-order valence-corrected chi connectivity index (χ2v) is 6.17. The predicted octanol–water partition coefficient (Wildman–Crippen LogP) is 3.90. The summed E-state index contributed by atoms with van der Waals surface area (Å²) in [5.74, 6) is 0.591. The van der Waals surface area contributed by atoms with E-state index < -0.39 is 0 Å².